The number of furan rings is 1. The smallest absolute Gasteiger partial charge is 0.339 e. The third-order valence-electron chi connectivity index (χ3n) is 2.82. The molecule has 0 N–H and O–H groups in total. The second-order valence-corrected chi connectivity index (χ2v) is 4.70. The summed E-state index contributed by atoms with van der Waals surface area (Å²) in [5.74, 6) is -0.784. The number of anilines is 1. The lowest BCUT2D eigenvalue weighted by molar-refractivity contribution is 0.0601. The maximum Gasteiger partial charge on any atom is 0.339 e. The Labute approximate surface area is 124 Å². The summed E-state index contributed by atoms with van der Waals surface area (Å²) in [6.07, 6.45) is 1.41. The van der Waals surface area contributed by atoms with Crippen LogP contribution in [0.1, 0.15) is 20.7 Å². The number of ether oxygens (including phenoxy) is 1. The molecule has 0 aliphatic rings. The molecule has 20 heavy (non-hydrogen) atoms. The first-order valence-corrected chi connectivity index (χ1v) is 6.54. The second-order valence-electron chi connectivity index (χ2n) is 3.98. The molecule has 0 aliphatic carbocycles. The molecule has 2 rings (SSSR count). The third kappa shape index (κ3) is 2.60. The highest BCUT2D eigenvalue weighted by atomic mass is 79.9. The average molecular weight is 338 g/mol. The van der Waals surface area contributed by atoms with Crippen LogP contribution in [0.3, 0.4) is 0 Å². The van der Waals surface area contributed by atoms with Crippen molar-refractivity contribution in [3.8, 4) is 0 Å². The number of rotatable bonds is 3. The monoisotopic (exact) mass is 337 g/mol. The number of carbonyl (C=O) groups excluding carboxylic acids is 2. The zero-order valence-electron chi connectivity index (χ0n) is 10.9. The van der Waals surface area contributed by atoms with Crippen molar-refractivity contribution in [3.05, 3.63) is 52.4 Å². The number of amides is 1. The Hall–Kier alpha value is -2.08. The van der Waals surface area contributed by atoms with E-state index < -0.39 is 5.97 Å². The number of hydrogen-bond acceptors (Lipinski definition) is 4. The first-order chi connectivity index (χ1) is 9.56. The topological polar surface area (TPSA) is 59.8 Å². The maximum atomic E-state index is 12.4. The highest BCUT2D eigenvalue weighted by Gasteiger charge is 2.22. The van der Waals surface area contributed by atoms with Crippen molar-refractivity contribution in [3.63, 3.8) is 0 Å². The number of nitrogens with zero attached hydrogens (tertiary/aromatic N) is 1. The van der Waals surface area contributed by atoms with Gasteiger partial charge in [0, 0.05) is 7.05 Å². The summed E-state index contributed by atoms with van der Waals surface area (Å²) >= 11 is 3.16. The third-order valence-corrected chi connectivity index (χ3v) is 3.44. The minimum atomic E-state index is -0.494. The molecule has 0 spiro atoms. The molecule has 6 heteroatoms. The largest absolute Gasteiger partial charge is 0.465 e. The SMILES string of the molecule is COC(=O)c1ccccc1N(C)C(=O)c1ccoc1Br. The summed E-state index contributed by atoms with van der Waals surface area (Å²) in [4.78, 5) is 25.5. The fourth-order valence-corrected chi connectivity index (χ4v) is 2.19. The van der Waals surface area contributed by atoms with Crippen LogP contribution in [0.2, 0.25) is 0 Å². The summed E-state index contributed by atoms with van der Waals surface area (Å²) in [6, 6.07) is 8.30. The lowest BCUT2D eigenvalue weighted by atomic mass is 10.1. The van der Waals surface area contributed by atoms with Gasteiger partial charge in [0.2, 0.25) is 0 Å². The van der Waals surface area contributed by atoms with E-state index in [1.54, 1.807) is 37.4 Å². The molecule has 0 fully saturated rings. The van der Waals surface area contributed by atoms with E-state index in [4.69, 9.17) is 9.15 Å². The standard InChI is InChI=1S/C14H12BrNO4/c1-16(13(17)10-7-8-20-12(10)15)11-6-4-3-5-9(11)14(18)19-2/h3-8H,1-2H3. The van der Waals surface area contributed by atoms with Crippen molar-refractivity contribution in [1.82, 2.24) is 0 Å². The molecule has 2 aromatic rings. The van der Waals surface area contributed by atoms with Gasteiger partial charge in [-0.3, -0.25) is 4.79 Å². The molecular weight excluding hydrogens is 326 g/mol. The molecular formula is C14H12BrNO4. The van der Waals surface area contributed by atoms with E-state index in [2.05, 4.69) is 15.9 Å². The summed E-state index contributed by atoms with van der Waals surface area (Å²) in [6.45, 7) is 0. The van der Waals surface area contributed by atoms with Crippen LogP contribution in [0, 0.1) is 0 Å². The van der Waals surface area contributed by atoms with Gasteiger partial charge < -0.3 is 14.1 Å². The van der Waals surface area contributed by atoms with Crippen LogP contribution in [-0.2, 0) is 4.74 Å². The highest BCUT2D eigenvalue weighted by molar-refractivity contribution is 9.10. The Morgan fingerprint density at radius 1 is 1.20 bits per heavy atom. The van der Waals surface area contributed by atoms with Gasteiger partial charge >= 0.3 is 5.97 Å². The van der Waals surface area contributed by atoms with Gasteiger partial charge in [-0.2, -0.15) is 0 Å². The van der Waals surface area contributed by atoms with Crippen molar-refractivity contribution in [2.24, 2.45) is 0 Å². The molecule has 1 amide bonds. The molecule has 1 heterocycles. The molecule has 1 aromatic heterocycles. The van der Waals surface area contributed by atoms with Crippen LogP contribution in [0.4, 0.5) is 5.69 Å². The van der Waals surface area contributed by atoms with E-state index >= 15 is 0 Å². The van der Waals surface area contributed by atoms with E-state index in [0.29, 0.717) is 21.5 Å². The number of halogens is 1. The molecule has 0 radical (unpaired) electrons. The number of hydrogen-bond donors (Lipinski definition) is 0. The molecule has 0 saturated carbocycles. The van der Waals surface area contributed by atoms with Crippen molar-refractivity contribution in [1.29, 1.82) is 0 Å². The number of esters is 1. The molecule has 5 nitrogen and oxygen atoms in total. The normalized spacial score (nSPS) is 10.2. The van der Waals surface area contributed by atoms with E-state index in [1.165, 1.54) is 18.3 Å². The van der Waals surface area contributed by atoms with Gasteiger partial charge in [0.1, 0.15) is 0 Å². The van der Waals surface area contributed by atoms with Crippen molar-refractivity contribution in [2.75, 3.05) is 19.1 Å². The predicted octanol–water partition coefficient (Wildman–Crippen LogP) is 3.11. The van der Waals surface area contributed by atoms with Crippen molar-refractivity contribution >= 4 is 33.5 Å². The van der Waals surface area contributed by atoms with Gasteiger partial charge in [-0.15, -0.1) is 0 Å². The van der Waals surface area contributed by atoms with E-state index in [0.717, 1.165) is 0 Å². The van der Waals surface area contributed by atoms with Gasteiger partial charge in [0.05, 0.1) is 30.2 Å². The molecule has 104 valence electrons. The van der Waals surface area contributed by atoms with Crippen LogP contribution in [0.15, 0.2) is 45.7 Å². The number of carbonyl (C=O) groups is 2. The molecule has 0 aliphatic heterocycles. The lowest BCUT2D eigenvalue weighted by Gasteiger charge is -2.19. The summed E-state index contributed by atoms with van der Waals surface area (Å²) in [5.41, 5.74) is 1.18. The summed E-state index contributed by atoms with van der Waals surface area (Å²) < 4.78 is 10.1. The number of para-hydroxylation sites is 1. The average Bonchev–Trinajstić information content (AvgIpc) is 2.91. The van der Waals surface area contributed by atoms with Gasteiger partial charge in [-0.25, -0.2) is 4.79 Å². The molecule has 1 aromatic carbocycles. The van der Waals surface area contributed by atoms with Gasteiger partial charge in [-0.1, -0.05) is 12.1 Å². The van der Waals surface area contributed by atoms with E-state index in [-0.39, 0.29) is 5.91 Å². The first kappa shape index (κ1) is 14.3. The first-order valence-electron chi connectivity index (χ1n) is 5.74. The summed E-state index contributed by atoms with van der Waals surface area (Å²) in [7, 11) is 2.89. The number of methoxy groups -OCH3 is 1. The molecule has 0 atom stereocenters. The summed E-state index contributed by atoms with van der Waals surface area (Å²) in [5, 5.41) is 0. The molecule has 0 unspecified atom stereocenters. The number of benzene rings is 1. The zero-order chi connectivity index (χ0) is 14.7. The predicted molar refractivity (Wildman–Crippen MR) is 76.9 cm³/mol. The van der Waals surface area contributed by atoms with Gasteiger partial charge in [0.25, 0.3) is 5.91 Å². The molecule has 0 saturated heterocycles. The Morgan fingerprint density at radius 3 is 2.50 bits per heavy atom. The van der Waals surface area contributed by atoms with E-state index in [1.807, 2.05) is 0 Å². The fraction of sp³-hybridized carbons (Fsp3) is 0.143. The van der Waals surface area contributed by atoms with Gasteiger partial charge in [0.15, 0.2) is 4.67 Å². The van der Waals surface area contributed by atoms with Crippen molar-refractivity contribution < 1.29 is 18.7 Å². The van der Waals surface area contributed by atoms with Crippen LogP contribution >= 0.6 is 15.9 Å². The zero-order valence-corrected chi connectivity index (χ0v) is 12.5. The minimum absolute atomic E-state index is 0.290. The minimum Gasteiger partial charge on any atom is -0.465 e. The highest BCUT2D eigenvalue weighted by Crippen LogP contribution is 2.25. The van der Waals surface area contributed by atoms with Crippen LogP contribution < -0.4 is 4.90 Å². The van der Waals surface area contributed by atoms with Gasteiger partial charge in [-0.05, 0) is 34.1 Å². The van der Waals surface area contributed by atoms with Crippen molar-refractivity contribution in [2.45, 2.75) is 0 Å². The van der Waals surface area contributed by atoms with Crippen LogP contribution in [0.25, 0.3) is 0 Å². The lowest BCUT2D eigenvalue weighted by Crippen LogP contribution is -2.28. The van der Waals surface area contributed by atoms with E-state index in [9.17, 15) is 9.59 Å². The Balaban J connectivity index is 2.39. The Morgan fingerprint density at radius 2 is 1.90 bits per heavy atom. The Bertz CT molecular complexity index is 650. The van der Waals surface area contributed by atoms with Crippen LogP contribution in [-0.4, -0.2) is 26.0 Å². The molecule has 0 bridgehead atoms. The fourth-order valence-electron chi connectivity index (χ4n) is 1.78. The van der Waals surface area contributed by atoms with Crippen LogP contribution in [0.5, 0.6) is 0 Å². The quantitative estimate of drug-likeness (QED) is 0.807. The Kier molecular flexibility index (Phi) is 4.24. The second kappa shape index (κ2) is 5.92. The maximum absolute atomic E-state index is 12.4.